The summed E-state index contributed by atoms with van der Waals surface area (Å²) in [6, 6.07) is 9.92. The van der Waals surface area contributed by atoms with Gasteiger partial charge < -0.3 is 4.90 Å². The van der Waals surface area contributed by atoms with Crippen LogP contribution >= 0.6 is 11.8 Å². The molecule has 2 aromatic rings. The fourth-order valence-corrected chi connectivity index (χ4v) is 2.15. The van der Waals surface area contributed by atoms with Crippen LogP contribution in [-0.4, -0.2) is 29.2 Å². The van der Waals surface area contributed by atoms with Crippen molar-refractivity contribution < 1.29 is 4.79 Å². The van der Waals surface area contributed by atoms with E-state index in [1.165, 1.54) is 11.8 Å². The Morgan fingerprint density at radius 2 is 1.94 bits per heavy atom. The minimum absolute atomic E-state index is 0.0250. The van der Waals surface area contributed by atoms with Crippen LogP contribution in [0.15, 0.2) is 35.2 Å². The Morgan fingerprint density at radius 1 is 1.24 bits per heavy atom. The molecule has 0 aliphatic rings. The minimum atomic E-state index is 0.0250. The average molecular weight is 246 g/mol. The number of carbonyl (C=O) groups is 1. The molecule has 0 N–H and O–H groups in total. The van der Waals surface area contributed by atoms with Gasteiger partial charge >= 0.3 is 0 Å². The van der Waals surface area contributed by atoms with E-state index in [0.29, 0.717) is 0 Å². The highest BCUT2D eigenvalue weighted by Gasteiger charge is 2.07. The molecule has 0 bridgehead atoms. The van der Waals surface area contributed by atoms with Crippen LogP contribution < -0.4 is 0 Å². The van der Waals surface area contributed by atoms with E-state index < -0.39 is 0 Å². The maximum atomic E-state index is 11.6. The van der Waals surface area contributed by atoms with E-state index in [1.807, 2.05) is 37.3 Å². The Hall–Kier alpha value is -1.55. The molecule has 1 heterocycles. The molecule has 88 valence electrons. The Morgan fingerprint density at radius 3 is 2.65 bits per heavy atom. The minimum Gasteiger partial charge on any atom is -0.339 e. The lowest BCUT2D eigenvalue weighted by molar-refractivity contribution is 0.241. The number of aromatic nitrogens is 1. The van der Waals surface area contributed by atoms with Crippen molar-refractivity contribution in [2.24, 2.45) is 0 Å². The number of rotatable bonds is 1. The summed E-state index contributed by atoms with van der Waals surface area (Å²) >= 11 is 1.22. The van der Waals surface area contributed by atoms with E-state index in [0.717, 1.165) is 21.5 Å². The second-order valence-corrected chi connectivity index (χ2v) is 5.09. The molecule has 0 aliphatic heterocycles. The summed E-state index contributed by atoms with van der Waals surface area (Å²) in [4.78, 5) is 18.5. The summed E-state index contributed by atoms with van der Waals surface area (Å²) in [6.07, 6.45) is 0. The van der Waals surface area contributed by atoms with Crippen molar-refractivity contribution in [3.63, 3.8) is 0 Å². The molecule has 0 radical (unpaired) electrons. The number of fused-ring (bicyclic) bond motifs is 1. The number of hydrogen-bond acceptors (Lipinski definition) is 3. The van der Waals surface area contributed by atoms with E-state index in [4.69, 9.17) is 0 Å². The van der Waals surface area contributed by atoms with Crippen molar-refractivity contribution in [2.75, 3.05) is 14.1 Å². The Kier molecular flexibility index (Phi) is 3.33. The number of aryl methyl sites for hydroxylation is 1. The van der Waals surface area contributed by atoms with Gasteiger partial charge in [-0.1, -0.05) is 12.1 Å². The van der Waals surface area contributed by atoms with Gasteiger partial charge in [-0.25, -0.2) is 0 Å². The summed E-state index contributed by atoms with van der Waals surface area (Å²) < 4.78 is 0. The van der Waals surface area contributed by atoms with Gasteiger partial charge in [-0.2, -0.15) is 0 Å². The quantitative estimate of drug-likeness (QED) is 0.724. The maximum absolute atomic E-state index is 11.6. The number of thioether (sulfide) groups is 1. The fourth-order valence-electron chi connectivity index (χ4n) is 1.45. The number of benzene rings is 1. The van der Waals surface area contributed by atoms with Gasteiger partial charge in [0.2, 0.25) is 0 Å². The third-order valence-corrected chi connectivity index (χ3v) is 3.40. The molecule has 2 rings (SSSR count). The van der Waals surface area contributed by atoms with E-state index in [9.17, 15) is 4.79 Å². The lowest BCUT2D eigenvalue weighted by atomic mass is 10.2. The highest BCUT2D eigenvalue weighted by Crippen LogP contribution is 2.24. The number of nitrogens with zero attached hydrogens (tertiary/aromatic N) is 2. The van der Waals surface area contributed by atoms with Crippen LogP contribution in [0, 0.1) is 6.92 Å². The highest BCUT2D eigenvalue weighted by atomic mass is 32.2. The van der Waals surface area contributed by atoms with Gasteiger partial charge in [0.15, 0.2) is 0 Å². The third kappa shape index (κ3) is 2.77. The average Bonchev–Trinajstić information content (AvgIpc) is 2.28. The van der Waals surface area contributed by atoms with Crippen LogP contribution in [0.1, 0.15) is 5.69 Å². The van der Waals surface area contributed by atoms with E-state index in [1.54, 1.807) is 19.0 Å². The molecule has 0 fully saturated rings. The van der Waals surface area contributed by atoms with Crippen molar-refractivity contribution in [1.82, 2.24) is 9.88 Å². The van der Waals surface area contributed by atoms with Crippen LogP contribution in [0.3, 0.4) is 0 Å². The zero-order valence-electron chi connectivity index (χ0n) is 10.1. The summed E-state index contributed by atoms with van der Waals surface area (Å²) in [5, 5.41) is 1.12. The van der Waals surface area contributed by atoms with Gasteiger partial charge in [0.05, 0.1) is 5.52 Å². The van der Waals surface area contributed by atoms with E-state index >= 15 is 0 Å². The van der Waals surface area contributed by atoms with E-state index in [2.05, 4.69) is 4.98 Å². The lowest BCUT2D eigenvalue weighted by Gasteiger charge is -2.09. The summed E-state index contributed by atoms with van der Waals surface area (Å²) in [5.41, 5.74) is 1.92. The van der Waals surface area contributed by atoms with Gasteiger partial charge in [-0.3, -0.25) is 9.78 Å². The summed E-state index contributed by atoms with van der Waals surface area (Å²) in [5.74, 6) is 0. The van der Waals surface area contributed by atoms with Gasteiger partial charge in [0, 0.05) is 30.1 Å². The Balaban J connectivity index is 2.34. The monoisotopic (exact) mass is 246 g/mol. The molecule has 0 spiro atoms. The Bertz CT molecular complexity index is 566. The molecule has 1 aromatic heterocycles. The maximum Gasteiger partial charge on any atom is 0.285 e. The molecule has 3 nitrogen and oxygen atoms in total. The SMILES string of the molecule is Cc1ccc2ccc(SC(=O)N(C)C)cc2n1. The first kappa shape index (κ1) is 11.9. The van der Waals surface area contributed by atoms with E-state index in [-0.39, 0.29) is 5.24 Å². The Labute approximate surface area is 105 Å². The fraction of sp³-hybridized carbons (Fsp3) is 0.231. The van der Waals surface area contributed by atoms with Crippen molar-refractivity contribution in [2.45, 2.75) is 11.8 Å². The van der Waals surface area contributed by atoms with Crippen molar-refractivity contribution in [3.05, 3.63) is 36.0 Å². The largest absolute Gasteiger partial charge is 0.339 e. The molecule has 17 heavy (non-hydrogen) atoms. The van der Waals surface area contributed by atoms with Crippen molar-refractivity contribution in [3.8, 4) is 0 Å². The standard InChI is InChI=1S/C13H14N2OS/c1-9-4-5-10-6-7-11(8-12(10)14-9)17-13(16)15(2)3/h4-8H,1-3H3. The van der Waals surface area contributed by atoms with Gasteiger partial charge in [-0.15, -0.1) is 0 Å². The highest BCUT2D eigenvalue weighted by molar-refractivity contribution is 8.13. The first-order valence-electron chi connectivity index (χ1n) is 5.33. The molecule has 1 amide bonds. The second kappa shape index (κ2) is 4.75. The summed E-state index contributed by atoms with van der Waals surface area (Å²) in [7, 11) is 3.50. The second-order valence-electron chi connectivity index (χ2n) is 4.07. The number of pyridine rings is 1. The predicted octanol–water partition coefficient (Wildman–Crippen LogP) is 3.32. The lowest BCUT2D eigenvalue weighted by Crippen LogP contribution is -2.15. The molecule has 4 heteroatoms. The first-order chi connectivity index (χ1) is 8.06. The number of carbonyl (C=O) groups excluding carboxylic acids is 1. The molecule has 0 atom stereocenters. The van der Waals surface area contributed by atoms with Crippen LogP contribution in [0.25, 0.3) is 10.9 Å². The number of amides is 1. The van der Waals surface area contributed by atoms with Gasteiger partial charge in [-0.05, 0) is 36.9 Å². The predicted molar refractivity (Wildman–Crippen MR) is 71.4 cm³/mol. The van der Waals surface area contributed by atoms with Crippen molar-refractivity contribution >= 4 is 27.9 Å². The topological polar surface area (TPSA) is 33.2 Å². The first-order valence-corrected chi connectivity index (χ1v) is 6.14. The van der Waals surface area contributed by atoms with Crippen LogP contribution in [-0.2, 0) is 0 Å². The molecule has 0 unspecified atom stereocenters. The number of hydrogen-bond donors (Lipinski definition) is 0. The zero-order valence-corrected chi connectivity index (χ0v) is 10.9. The molecule has 0 saturated heterocycles. The summed E-state index contributed by atoms with van der Waals surface area (Å²) in [6.45, 7) is 1.96. The normalized spacial score (nSPS) is 10.5. The van der Waals surface area contributed by atoms with Gasteiger partial charge in [0.1, 0.15) is 0 Å². The molecular formula is C13H14N2OS. The molecule has 1 aromatic carbocycles. The van der Waals surface area contributed by atoms with Gasteiger partial charge in [0.25, 0.3) is 5.24 Å². The zero-order chi connectivity index (χ0) is 12.4. The van der Waals surface area contributed by atoms with Crippen molar-refractivity contribution in [1.29, 1.82) is 0 Å². The molecular weight excluding hydrogens is 232 g/mol. The smallest absolute Gasteiger partial charge is 0.285 e. The van der Waals surface area contributed by atoms with Crippen LogP contribution in [0.4, 0.5) is 4.79 Å². The van der Waals surface area contributed by atoms with Crippen LogP contribution in [0.2, 0.25) is 0 Å². The third-order valence-electron chi connectivity index (χ3n) is 2.37. The molecule has 0 aliphatic carbocycles. The molecule has 0 saturated carbocycles. The van der Waals surface area contributed by atoms with Crippen LogP contribution in [0.5, 0.6) is 0 Å².